The normalized spacial score (nSPS) is 11.2. The van der Waals surface area contributed by atoms with Gasteiger partial charge in [0.2, 0.25) is 0 Å². The van der Waals surface area contributed by atoms with Crippen LogP contribution in [0.4, 0.5) is 5.69 Å². The number of hydrogen-bond acceptors (Lipinski definition) is 3. The summed E-state index contributed by atoms with van der Waals surface area (Å²) in [7, 11) is 0. The maximum absolute atomic E-state index is 11.9. The zero-order valence-corrected chi connectivity index (χ0v) is 12.0. The van der Waals surface area contributed by atoms with Gasteiger partial charge in [-0.3, -0.25) is 0 Å². The molecule has 1 aromatic carbocycles. The second-order valence-corrected chi connectivity index (χ2v) is 4.93. The van der Waals surface area contributed by atoms with E-state index < -0.39 is 5.54 Å². The summed E-state index contributed by atoms with van der Waals surface area (Å²) < 4.78 is 5.09. The number of esters is 1. The van der Waals surface area contributed by atoms with Crippen LogP contribution in [0.5, 0.6) is 0 Å². The van der Waals surface area contributed by atoms with Gasteiger partial charge >= 0.3 is 5.97 Å². The van der Waals surface area contributed by atoms with E-state index >= 15 is 0 Å². The Morgan fingerprint density at radius 1 is 1.33 bits per heavy atom. The Balaban J connectivity index is 2.99. The van der Waals surface area contributed by atoms with Crippen LogP contribution in [-0.4, -0.2) is 18.1 Å². The van der Waals surface area contributed by atoms with E-state index in [0.717, 1.165) is 17.7 Å². The van der Waals surface area contributed by atoms with Crippen LogP contribution in [0.15, 0.2) is 18.2 Å². The van der Waals surface area contributed by atoms with Gasteiger partial charge in [-0.15, -0.1) is 0 Å². The zero-order chi connectivity index (χ0) is 13.8. The highest BCUT2D eigenvalue weighted by atomic mass is 16.5. The van der Waals surface area contributed by atoms with Crippen molar-refractivity contribution < 1.29 is 9.53 Å². The lowest BCUT2D eigenvalue weighted by molar-refractivity contribution is -0.147. The Hall–Kier alpha value is -1.51. The van der Waals surface area contributed by atoms with Crippen molar-refractivity contribution >= 4 is 11.7 Å². The Bertz CT molecular complexity index is 425. The molecule has 0 radical (unpaired) electrons. The molecule has 3 nitrogen and oxygen atoms in total. The van der Waals surface area contributed by atoms with Gasteiger partial charge in [-0.25, -0.2) is 4.79 Å². The van der Waals surface area contributed by atoms with E-state index in [2.05, 4.69) is 18.3 Å². The molecule has 0 aliphatic rings. The summed E-state index contributed by atoms with van der Waals surface area (Å²) in [5, 5.41) is 3.32. The first-order chi connectivity index (χ1) is 8.42. The molecule has 0 fully saturated rings. The van der Waals surface area contributed by atoms with Crippen LogP contribution in [0.3, 0.4) is 0 Å². The predicted molar refractivity (Wildman–Crippen MR) is 74.9 cm³/mol. The van der Waals surface area contributed by atoms with Crippen molar-refractivity contribution in [2.45, 2.75) is 46.6 Å². The van der Waals surface area contributed by atoms with Crippen LogP contribution in [0.1, 0.15) is 38.8 Å². The van der Waals surface area contributed by atoms with E-state index in [-0.39, 0.29) is 5.97 Å². The van der Waals surface area contributed by atoms with Crippen LogP contribution >= 0.6 is 0 Å². The lowest BCUT2D eigenvalue weighted by Gasteiger charge is -2.27. The van der Waals surface area contributed by atoms with Gasteiger partial charge in [-0.05, 0) is 45.2 Å². The number of hydrogen-bond donors (Lipinski definition) is 1. The molecular formula is C15H23NO2. The van der Waals surface area contributed by atoms with Gasteiger partial charge in [-0.1, -0.05) is 25.1 Å². The van der Waals surface area contributed by atoms with Crippen LogP contribution in [-0.2, 0) is 16.0 Å². The molecule has 100 valence electrons. The standard InChI is InChI=1S/C15H23NO2/c1-6-12-10-8-9-11(3)13(12)16-15(4,5)14(17)18-7-2/h8-10,16H,6-7H2,1-5H3. The Kier molecular flexibility index (Phi) is 4.76. The SMILES string of the molecule is CCOC(=O)C(C)(C)Nc1c(C)cccc1CC. The van der Waals surface area contributed by atoms with E-state index in [9.17, 15) is 4.79 Å². The summed E-state index contributed by atoms with van der Waals surface area (Å²) >= 11 is 0. The molecule has 3 heteroatoms. The fourth-order valence-electron chi connectivity index (χ4n) is 1.88. The highest BCUT2D eigenvalue weighted by Crippen LogP contribution is 2.25. The van der Waals surface area contributed by atoms with Crippen LogP contribution in [0.25, 0.3) is 0 Å². The molecular weight excluding hydrogens is 226 g/mol. The largest absolute Gasteiger partial charge is 0.464 e. The van der Waals surface area contributed by atoms with Gasteiger partial charge in [0.1, 0.15) is 5.54 Å². The van der Waals surface area contributed by atoms with Gasteiger partial charge in [-0.2, -0.15) is 0 Å². The van der Waals surface area contributed by atoms with Crippen LogP contribution in [0.2, 0.25) is 0 Å². The average Bonchev–Trinajstić information content (AvgIpc) is 2.32. The highest BCUT2D eigenvalue weighted by Gasteiger charge is 2.29. The summed E-state index contributed by atoms with van der Waals surface area (Å²) in [5.74, 6) is -0.227. The van der Waals surface area contributed by atoms with Crippen molar-refractivity contribution in [3.8, 4) is 0 Å². The molecule has 0 spiro atoms. The molecule has 0 amide bonds. The lowest BCUT2D eigenvalue weighted by Crippen LogP contribution is -2.42. The number of benzene rings is 1. The third-order valence-corrected chi connectivity index (χ3v) is 2.96. The second kappa shape index (κ2) is 5.89. The summed E-state index contributed by atoms with van der Waals surface area (Å²) in [5.41, 5.74) is 2.68. The molecule has 0 aromatic heterocycles. The maximum atomic E-state index is 11.9. The quantitative estimate of drug-likeness (QED) is 0.814. The molecule has 1 N–H and O–H groups in total. The zero-order valence-electron chi connectivity index (χ0n) is 12.0. The highest BCUT2D eigenvalue weighted by molar-refractivity contribution is 5.84. The first-order valence-corrected chi connectivity index (χ1v) is 6.46. The van der Waals surface area contributed by atoms with Crippen molar-refractivity contribution in [3.63, 3.8) is 0 Å². The van der Waals surface area contributed by atoms with Crippen molar-refractivity contribution in [1.82, 2.24) is 0 Å². The van der Waals surface area contributed by atoms with E-state index in [0.29, 0.717) is 6.61 Å². The minimum absolute atomic E-state index is 0.227. The topological polar surface area (TPSA) is 38.3 Å². The molecule has 0 aliphatic heterocycles. The minimum atomic E-state index is -0.716. The van der Waals surface area contributed by atoms with Crippen molar-refractivity contribution in [2.75, 3.05) is 11.9 Å². The van der Waals surface area contributed by atoms with Crippen molar-refractivity contribution in [1.29, 1.82) is 0 Å². The van der Waals surface area contributed by atoms with Gasteiger partial charge in [0, 0.05) is 5.69 Å². The molecule has 0 atom stereocenters. The molecule has 0 heterocycles. The van der Waals surface area contributed by atoms with E-state index in [4.69, 9.17) is 4.74 Å². The molecule has 1 rings (SSSR count). The third-order valence-electron chi connectivity index (χ3n) is 2.96. The van der Waals surface area contributed by atoms with Gasteiger partial charge in [0.05, 0.1) is 6.61 Å². The smallest absolute Gasteiger partial charge is 0.331 e. The Morgan fingerprint density at radius 2 is 2.00 bits per heavy atom. The minimum Gasteiger partial charge on any atom is -0.464 e. The Labute approximate surface area is 110 Å². The monoisotopic (exact) mass is 249 g/mol. The number of rotatable bonds is 5. The maximum Gasteiger partial charge on any atom is 0.331 e. The van der Waals surface area contributed by atoms with Crippen LogP contribution in [0, 0.1) is 6.92 Å². The predicted octanol–water partition coefficient (Wildman–Crippen LogP) is 3.31. The number of nitrogens with one attached hydrogen (secondary N) is 1. The summed E-state index contributed by atoms with van der Waals surface area (Å²) in [4.78, 5) is 11.9. The van der Waals surface area contributed by atoms with Gasteiger partial charge in [0.15, 0.2) is 0 Å². The molecule has 0 saturated carbocycles. The van der Waals surface area contributed by atoms with Crippen molar-refractivity contribution in [3.05, 3.63) is 29.3 Å². The van der Waals surface area contributed by atoms with E-state index in [1.165, 1.54) is 5.56 Å². The van der Waals surface area contributed by atoms with Gasteiger partial charge < -0.3 is 10.1 Å². The number of anilines is 1. The molecule has 18 heavy (non-hydrogen) atoms. The third kappa shape index (κ3) is 3.25. The fraction of sp³-hybridized carbons (Fsp3) is 0.533. The number of carbonyl (C=O) groups excluding carboxylic acids is 1. The van der Waals surface area contributed by atoms with Crippen LogP contribution < -0.4 is 5.32 Å². The van der Waals surface area contributed by atoms with E-state index in [1.54, 1.807) is 0 Å². The fourth-order valence-corrected chi connectivity index (χ4v) is 1.88. The lowest BCUT2D eigenvalue weighted by atomic mass is 10.0. The average molecular weight is 249 g/mol. The van der Waals surface area contributed by atoms with Crippen molar-refractivity contribution in [2.24, 2.45) is 0 Å². The second-order valence-electron chi connectivity index (χ2n) is 4.93. The molecule has 0 bridgehead atoms. The first-order valence-electron chi connectivity index (χ1n) is 6.46. The molecule has 0 aliphatic carbocycles. The molecule has 1 aromatic rings. The Morgan fingerprint density at radius 3 is 2.56 bits per heavy atom. The van der Waals surface area contributed by atoms with E-state index in [1.807, 2.05) is 39.8 Å². The first kappa shape index (κ1) is 14.6. The van der Waals surface area contributed by atoms with Gasteiger partial charge in [0.25, 0.3) is 0 Å². The molecule has 0 unspecified atom stereocenters. The number of ether oxygens (including phenoxy) is 1. The number of carbonyl (C=O) groups is 1. The number of aryl methyl sites for hydroxylation is 2. The summed E-state index contributed by atoms with van der Waals surface area (Å²) in [6.45, 7) is 10.1. The number of para-hydroxylation sites is 1. The summed E-state index contributed by atoms with van der Waals surface area (Å²) in [6.07, 6.45) is 0.933. The molecule has 0 saturated heterocycles. The summed E-state index contributed by atoms with van der Waals surface area (Å²) in [6, 6.07) is 6.16.